The molecule has 8 nitrogen and oxygen atoms in total. The maximum Gasteiger partial charge on any atom is 0.410 e. The van der Waals surface area contributed by atoms with Crippen LogP contribution in [0.25, 0.3) is 0 Å². The molecule has 24 heavy (non-hydrogen) atoms. The molecule has 0 aliphatic carbocycles. The molecule has 132 valence electrons. The summed E-state index contributed by atoms with van der Waals surface area (Å²) in [5.41, 5.74) is -0.160. The number of hydrogen-bond acceptors (Lipinski definition) is 6. The largest absolute Gasteiger partial charge is 0.444 e. The Morgan fingerprint density at radius 2 is 2.00 bits per heavy atom. The first-order valence-corrected chi connectivity index (χ1v) is 7.86. The summed E-state index contributed by atoms with van der Waals surface area (Å²) in [4.78, 5) is 30.2. The minimum Gasteiger partial charge on any atom is -0.444 e. The number of rotatable bonds is 2. The lowest BCUT2D eigenvalue weighted by molar-refractivity contribution is -0.389. The minimum atomic E-state index is -0.535. The number of piperazine rings is 1. The van der Waals surface area contributed by atoms with E-state index in [9.17, 15) is 14.9 Å². The highest BCUT2D eigenvalue weighted by Crippen LogP contribution is 2.27. The van der Waals surface area contributed by atoms with Gasteiger partial charge in [-0.2, -0.15) is 0 Å². The molecule has 1 saturated heterocycles. The highest BCUT2D eigenvalue weighted by molar-refractivity contribution is 5.70. The first kappa shape index (κ1) is 18.0. The van der Waals surface area contributed by atoms with Gasteiger partial charge in [0.25, 0.3) is 0 Å². The average molecular weight is 336 g/mol. The van der Waals surface area contributed by atoms with E-state index >= 15 is 0 Å². The van der Waals surface area contributed by atoms with Crippen LogP contribution >= 0.6 is 0 Å². The standard InChI is InChI=1S/C16H24N4O4/c1-15(2,3)24-14(21)19-9-8-18(11-16(19,4)5)12-6-7-13(17-10-12)20(22)23/h6-7,10H,8-9,11H2,1-5H3. The van der Waals surface area contributed by atoms with Crippen LogP contribution in [0.1, 0.15) is 34.6 Å². The molecule has 1 amide bonds. The zero-order valence-corrected chi connectivity index (χ0v) is 14.8. The lowest BCUT2D eigenvalue weighted by Crippen LogP contribution is -2.61. The maximum absolute atomic E-state index is 12.4. The molecule has 0 radical (unpaired) electrons. The summed E-state index contributed by atoms with van der Waals surface area (Å²) in [6.45, 7) is 11.2. The number of carbonyl (C=O) groups excluding carboxylic acids is 1. The lowest BCUT2D eigenvalue weighted by atomic mass is 9.99. The van der Waals surface area contributed by atoms with E-state index in [1.54, 1.807) is 11.0 Å². The Balaban J connectivity index is 2.10. The molecule has 2 heterocycles. The molecule has 1 fully saturated rings. The summed E-state index contributed by atoms with van der Waals surface area (Å²) in [6.07, 6.45) is 1.17. The minimum absolute atomic E-state index is 0.176. The van der Waals surface area contributed by atoms with Gasteiger partial charge in [-0.25, -0.2) is 4.79 Å². The van der Waals surface area contributed by atoms with E-state index in [-0.39, 0.29) is 11.9 Å². The number of anilines is 1. The molecule has 1 aromatic heterocycles. The van der Waals surface area contributed by atoms with Gasteiger partial charge in [-0.15, -0.1) is 0 Å². The van der Waals surface area contributed by atoms with Gasteiger partial charge in [0, 0.05) is 25.7 Å². The molecule has 0 spiro atoms. The predicted molar refractivity (Wildman–Crippen MR) is 90.1 cm³/mol. The van der Waals surface area contributed by atoms with Gasteiger partial charge in [-0.3, -0.25) is 4.90 Å². The smallest absolute Gasteiger partial charge is 0.410 e. The number of nitrogens with zero attached hydrogens (tertiary/aromatic N) is 4. The van der Waals surface area contributed by atoms with E-state index in [4.69, 9.17) is 4.74 Å². The molecule has 1 aromatic rings. The zero-order valence-electron chi connectivity index (χ0n) is 14.8. The Morgan fingerprint density at radius 1 is 1.33 bits per heavy atom. The fourth-order valence-corrected chi connectivity index (χ4v) is 2.70. The van der Waals surface area contributed by atoms with Gasteiger partial charge in [0.15, 0.2) is 6.20 Å². The lowest BCUT2D eigenvalue weighted by Gasteiger charge is -2.47. The van der Waals surface area contributed by atoms with E-state index in [0.717, 1.165) is 5.69 Å². The molecule has 0 bridgehead atoms. The molecular formula is C16H24N4O4. The van der Waals surface area contributed by atoms with Crippen LogP contribution in [0.2, 0.25) is 0 Å². The molecular weight excluding hydrogens is 312 g/mol. The number of pyridine rings is 1. The monoisotopic (exact) mass is 336 g/mol. The van der Waals surface area contributed by atoms with E-state index in [0.29, 0.717) is 19.6 Å². The Bertz CT molecular complexity index is 622. The zero-order chi connectivity index (χ0) is 18.1. The Kier molecular flexibility index (Phi) is 4.68. The number of carbonyl (C=O) groups is 1. The summed E-state index contributed by atoms with van der Waals surface area (Å²) in [6, 6.07) is 3.08. The van der Waals surface area contributed by atoms with Crippen molar-refractivity contribution in [1.29, 1.82) is 0 Å². The van der Waals surface area contributed by atoms with Crippen molar-refractivity contribution in [2.45, 2.75) is 45.8 Å². The fraction of sp³-hybridized carbons (Fsp3) is 0.625. The van der Waals surface area contributed by atoms with Crippen LogP contribution in [0.3, 0.4) is 0 Å². The van der Waals surface area contributed by atoms with Gasteiger partial charge in [0.1, 0.15) is 5.60 Å². The number of ether oxygens (including phenoxy) is 1. The van der Waals surface area contributed by atoms with Crippen molar-refractivity contribution in [3.63, 3.8) is 0 Å². The fourth-order valence-electron chi connectivity index (χ4n) is 2.70. The van der Waals surface area contributed by atoms with E-state index < -0.39 is 16.1 Å². The summed E-state index contributed by atoms with van der Waals surface area (Å²) >= 11 is 0. The van der Waals surface area contributed by atoms with Crippen molar-refractivity contribution in [1.82, 2.24) is 9.88 Å². The van der Waals surface area contributed by atoms with Gasteiger partial charge in [0.05, 0.1) is 11.2 Å². The Hall–Kier alpha value is -2.38. The molecule has 1 aliphatic rings. The number of aromatic nitrogens is 1. The summed E-state index contributed by atoms with van der Waals surface area (Å²) in [5.74, 6) is -0.176. The average Bonchev–Trinajstić information content (AvgIpc) is 2.44. The molecule has 2 rings (SSSR count). The summed E-state index contributed by atoms with van der Waals surface area (Å²) in [7, 11) is 0. The highest BCUT2D eigenvalue weighted by Gasteiger charge is 2.39. The van der Waals surface area contributed by atoms with Crippen molar-refractivity contribution in [2.75, 3.05) is 24.5 Å². The van der Waals surface area contributed by atoms with Gasteiger partial charge in [-0.1, -0.05) is 0 Å². The molecule has 8 heteroatoms. The molecule has 0 unspecified atom stereocenters. The van der Waals surface area contributed by atoms with Crippen LogP contribution in [-0.2, 0) is 4.74 Å². The number of nitro groups is 1. The van der Waals surface area contributed by atoms with Gasteiger partial charge < -0.3 is 19.8 Å². The molecule has 0 aromatic carbocycles. The van der Waals surface area contributed by atoms with Crippen LogP contribution in [-0.4, -0.2) is 51.7 Å². The predicted octanol–water partition coefficient (Wildman–Crippen LogP) is 2.83. The summed E-state index contributed by atoms with van der Waals surface area (Å²) in [5, 5.41) is 10.7. The van der Waals surface area contributed by atoms with E-state index in [1.807, 2.05) is 34.6 Å². The third-order valence-electron chi connectivity index (χ3n) is 3.80. The topological polar surface area (TPSA) is 88.8 Å². The van der Waals surface area contributed by atoms with Gasteiger partial charge >= 0.3 is 11.9 Å². The highest BCUT2D eigenvalue weighted by atomic mass is 16.6. The van der Waals surface area contributed by atoms with Crippen molar-refractivity contribution in [2.24, 2.45) is 0 Å². The molecule has 1 aliphatic heterocycles. The van der Waals surface area contributed by atoms with Crippen LogP contribution in [0.4, 0.5) is 16.3 Å². The second-order valence-electron chi connectivity index (χ2n) is 7.50. The normalized spacial score (nSPS) is 17.5. The quantitative estimate of drug-likeness (QED) is 0.609. The van der Waals surface area contributed by atoms with Crippen LogP contribution < -0.4 is 4.90 Å². The van der Waals surface area contributed by atoms with E-state index in [1.165, 1.54) is 12.3 Å². The van der Waals surface area contributed by atoms with Gasteiger partial charge in [-0.05, 0) is 50.6 Å². The second kappa shape index (κ2) is 6.26. The van der Waals surface area contributed by atoms with Crippen LogP contribution in [0, 0.1) is 10.1 Å². The third kappa shape index (κ3) is 4.12. The van der Waals surface area contributed by atoms with Crippen molar-refractivity contribution < 1.29 is 14.5 Å². The van der Waals surface area contributed by atoms with Crippen molar-refractivity contribution >= 4 is 17.6 Å². The van der Waals surface area contributed by atoms with Crippen molar-refractivity contribution in [3.8, 4) is 0 Å². The third-order valence-corrected chi connectivity index (χ3v) is 3.80. The second-order valence-corrected chi connectivity index (χ2v) is 7.50. The number of amides is 1. The number of hydrogen-bond donors (Lipinski definition) is 0. The van der Waals surface area contributed by atoms with Crippen LogP contribution in [0.5, 0.6) is 0 Å². The molecule has 0 N–H and O–H groups in total. The van der Waals surface area contributed by atoms with Crippen LogP contribution in [0.15, 0.2) is 18.3 Å². The van der Waals surface area contributed by atoms with Gasteiger partial charge in [0.2, 0.25) is 0 Å². The summed E-state index contributed by atoms with van der Waals surface area (Å²) < 4.78 is 5.48. The SMILES string of the molecule is CC(C)(C)OC(=O)N1CCN(c2ccc([N+](=O)[O-])nc2)CC1(C)C. The van der Waals surface area contributed by atoms with E-state index in [2.05, 4.69) is 9.88 Å². The maximum atomic E-state index is 12.4. The Labute approximate surface area is 141 Å². The van der Waals surface area contributed by atoms with Crippen molar-refractivity contribution in [3.05, 3.63) is 28.4 Å². The molecule has 0 atom stereocenters. The first-order chi connectivity index (χ1) is 11.0. The Morgan fingerprint density at radius 3 is 2.46 bits per heavy atom. The first-order valence-electron chi connectivity index (χ1n) is 7.86. The molecule has 0 saturated carbocycles.